The number of rotatable bonds is 7. The number of urea groups is 1. The molecule has 3 heterocycles. The summed E-state index contributed by atoms with van der Waals surface area (Å²) in [6, 6.07) is 15.7. The van der Waals surface area contributed by atoms with Crippen LogP contribution in [0.15, 0.2) is 60.9 Å². The van der Waals surface area contributed by atoms with Gasteiger partial charge in [-0.1, -0.05) is 24.3 Å². The number of aromatic amines is 1. The molecule has 2 aliphatic heterocycles. The van der Waals surface area contributed by atoms with Crippen LogP contribution >= 0.6 is 0 Å². The van der Waals surface area contributed by atoms with Crippen molar-refractivity contribution in [3.63, 3.8) is 0 Å². The van der Waals surface area contributed by atoms with Crippen molar-refractivity contribution in [1.82, 2.24) is 20.4 Å². The van der Waals surface area contributed by atoms with Gasteiger partial charge < -0.3 is 15.0 Å². The quantitative estimate of drug-likeness (QED) is 0.525. The van der Waals surface area contributed by atoms with E-state index >= 15 is 0 Å². The Bertz CT molecular complexity index is 1230. The third-order valence-electron chi connectivity index (χ3n) is 7.70. The standard InChI is InChI=1S/C28H31N5O3/c34-26(29-15-20-4-5-20)23-3-1-2-21(14-23)18-33-27(35)32(19-28(33)10-12-36-13-11-28)25-8-6-22(7-9-25)24-16-30-31-17-24/h1-3,6-9,14,16-17,20H,4-5,10-13,15,18-19H2,(H,29,34)(H,30,31). The van der Waals surface area contributed by atoms with E-state index in [9.17, 15) is 9.59 Å². The van der Waals surface area contributed by atoms with E-state index in [-0.39, 0.29) is 17.5 Å². The molecule has 0 unspecified atom stereocenters. The van der Waals surface area contributed by atoms with Gasteiger partial charge in [-0.05, 0) is 67.0 Å². The van der Waals surface area contributed by atoms with E-state index in [1.54, 1.807) is 6.20 Å². The fourth-order valence-electron chi connectivity index (χ4n) is 5.31. The summed E-state index contributed by atoms with van der Waals surface area (Å²) in [6.07, 6.45) is 7.63. The molecule has 1 saturated carbocycles. The number of aromatic nitrogens is 2. The van der Waals surface area contributed by atoms with Crippen molar-refractivity contribution in [3.05, 3.63) is 72.1 Å². The summed E-state index contributed by atoms with van der Waals surface area (Å²) in [4.78, 5) is 30.4. The smallest absolute Gasteiger partial charge is 0.325 e. The molecule has 0 bridgehead atoms. The molecule has 3 aromatic rings. The van der Waals surface area contributed by atoms with Crippen LogP contribution in [0, 0.1) is 5.92 Å². The highest BCUT2D eigenvalue weighted by Gasteiger charge is 2.50. The molecule has 1 aromatic heterocycles. The molecule has 0 radical (unpaired) electrons. The van der Waals surface area contributed by atoms with E-state index in [0.717, 1.165) is 41.8 Å². The number of H-pyrrole nitrogens is 1. The molecule has 6 rings (SSSR count). The summed E-state index contributed by atoms with van der Waals surface area (Å²) in [6.45, 7) is 3.11. The van der Waals surface area contributed by atoms with Crippen LogP contribution < -0.4 is 10.2 Å². The first kappa shape index (κ1) is 22.8. The number of carbonyl (C=O) groups excluding carboxylic acids is 2. The van der Waals surface area contributed by atoms with Crippen LogP contribution in [0.4, 0.5) is 10.5 Å². The van der Waals surface area contributed by atoms with Crippen LogP contribution in [0.1, 0.15) is 41.6 Å². The van der Waals surface area contributed by atoms with Gasteiger partial charge in [-0.25, -0.2) is 4.79 Å². The topological polar surface area (TPSA) is 90.6 Å². The van der Waals surface area contributed by atoms with E-state index in [4.69, 9.17) is 4.74 Å². The first-order valence-corrected chi connectivity index (χ1v) is 12.7. The van der Waals surface area contributed by atoms with Crippen LogP contribution in [0.3, 0.4) is 0 Å². The molecular weight excluding hydrogens is 454 g/mol. The lowest BCUT2D eigenvalue weighted by molar-refractivity contribution is 0.00611. The Hall–Kier alpha value is -3.65. The number of carbonyl (C=O) groups is 2. The summed E-state index contributed by atoms with van der Waals surface area (Å²) >= 11 is 0. The average Bonchev–Trinajstić information content (AvgIpc) is 3.52. The zero-order valence-corrected chi connectivity index (χ0v) is 20.3. The Kier molecular flexibility index (Phi) is 5.97. The molecule has 2 aromatic carbocycles. The molecule has 3 fully saturated rings. The fourth-order valence-corrected chi connectivity index (χ4v) is 5.31. The molecule has 2 N–H and O–H groups in total. The maximum atomic E-state index is 13.8. The van der Waals surface area contributed by atoms with Crippen molar-refractivity contribution >= 4 is 17.6 Å². The minimum atomic E-state index is -0.289. The Balaban J connectivity index is 1.23. The van der Waals surface area contributed by atoms with Gasteiger partial charge in [-0.2, -0.15) is 5.10 Å². The summed E-state index contributed by atoms with van der Waals surface area (Å²) in [5, 5.41) is 9.90. The Labute approximate surface area is 210 Å². The van der Waals surface area contributed by atoms with Gasteiger partial charge in [0.25, 0.3) is 5.91 Å². The number of nitrogens with zero attached hydrogens (tertiary/aromatic N) is 3. The largest absolute Gasteiger partial charge is 0.381 e. The molecule has 8 nitrogen and oxygen atoms in total. The predicted octanol–water partition coefficient (Wildman–Crippen LogP) is 4.21. The van der Waals surface area contributed by atoms with Gasteiger partial charge in [0, 0.05) is 49.3 Å². The Morgan fingerprint density at radius 2 is 1.92 bits per heavy atom. The third kappa shape index (κ3) is 4.48. The van der Waals surface area contributed by atoms with Crippen LogP contribution in [0.2, 0.25) is 0 Å². The highest BCUT2D eigenvalue weighted by molar-refractivity contribution is 5.96. The SMILES string of the molecule is O=C(NCC1CC1)c1cccc(CN2C(=O)N(c3ccc(-c4cn[nH]c4)cc3)CC23CCOCC3)c1. The lowest BCUT2D eigenvalue weighted by Gasteiger charge is -2.40. The molecular formula is C28H31N5O3. The van der Waals surface area contributed by atoms with Crippen molar-refractivity contribution < 1.29 is 14.3 Å². The number of nitrogens with one attached hydrogen (secondary N) is 2. The van der Waals surface area contributed by atoms with Crippen LogP contribution in [0.25, 0.3) is 11.1 Å². The number of hydrogen-bond donors (Lipinski definition) is 2. The van der Waals surface area contributed by atoms with Crippen molar-refractivity contribution in [3.8, 4) is 11.1 Å². The molecule has 3 amide bonds. The minimum absolute atomic E-state index is 0.00320. The van der Waals surface area contributed by atoms with Gasteiger partial charge in [-0.3, -0.25) is 14.8 Å². The Morgan fingerprint density at radius 3 is 2.64 bits per heavy atom. The number of ether oxygens (including phenoxy) is 1. The molecule has 186 valence electrons. The van der Waals surface area contributed by atoms with Gasteiger partial charge in [0.15, 0.2) is 0 Å². The highest BCUT2D eigenvalue weighted by atomic mass is 16.5. The number of benzene rings is 2. The van der Waals surface area contributed by atoms with Gasteiger partial charge >= 0.3 is 6.03 Å². The van der Waals surface area contributed by atoms with E-state index in [0.29, 0.717) is 37.8 Å². The third-order valence-corrected chi connectivity index (χ3v) is 7.70. The summed E-state index contributed by atoms with van der Waals surface area (Å²) in [7, 11) is 0. The van der Waals surface area contributed by atoms with Crippen molar-refractivity contribution in [2.24, 2.45) is 5.92 Å². The van der Waals surface area contributed by atoms with Crippen molar-refractivity contribution in [2.45, 2.75) is 37.8 Å². The monoisotopic (exact) mass is 485 g/mol. The zero-order valence-electron chi connectivity index (χ0n) is 20.3. The van der Waals surface area contributed by atoms with Crippen LogP contribution in [-0.4, -0.2) is 58.9 Å². The second kappa shape index (κ2) is 9.43. The van der Waals surface area contributed by atoms with Gasteiger partial charge in [0.2, 0.25) is 0 Å². The maximum Gasteiger partial charge on any atom is 0.325 e. The number of anilines is 1. The summed E-state index contributed by atoms with van der Waals surface area (Å²) in [5.74, 6) is 0.587. The molecule has 1 aliphatic carbocycles. The predicted molar refractivity (Wildman–Crippen MR) is 137 cm³/mol. The summed E-state index contributed by atoms with van der Waals surface area (Å²) < 4.78 is 5.67. The molecule has 36 heavy (non-hydrogen) atoms. The fraction of sp³-hybridized carbons (Fsp3) is 0.393. The van der Waals surface area contributed by atoms with Crippen molar-refractivity contribution in [1.29, 1.82) is 0 Å². The minimum Gasteiger partial charge on any atom is -0.381 e. The van der Waals surface area contributed by atoms with Crippen LogP contribution in [0.5, 0.6) is 0 Å². The van der Waals surface area contributed by atoms with E-state index in [2.05, 4.69) is 15.5 Å². The van der Waals surface area contributed by atoms with Crippen molar-refractivity contribution in [2.75, 3.05) is 31.2 Å². The number of amides is 3. The van der Waals surface area contributed by atoms with Gasteiger partial charge in [0.1, 0.15) is 0 Å². The van der Waals surface area contributed by atoms with E-state index in [1.165, 1.54) is 12.8 Å². The summed E-state index contributed by atoms with van der Waals surface area (Å²) in [5.41, 5.74) is 4.27. The molecule has 2 saturated heterocycles. The lowest BCUT2D eigenvalue weighted by Crippen LogP contribution is -2.50. The van der Waals surface area contributed by atoms with E-state index in [1.807, 2.05) is 64.5 Å². The molecule has 8 heteroatoms. The molecule has 1 spiro atoms. The second-order valence-corrected chi connectivity index (χ2v) is 10.2. The zero-order chi connectivity index (χ0) is 24.5. The highest BCUT2D eigenvalue weighted by Crippen LogP contribution is 2.39. The maximum absolute atomic E-state index is 13.8. The van der Waals surface area contributed by atoms with Crippen LogP contribution in [-0.2, 0) is 11.3 Å². The van der Waals surface area contributed by atoms with E-state index < -0.39 is 0 Å². The van der Waals surface area contributed by atoms with Gasteiger partial charge in [0.05, 0.1) is 18.3 Å². The first-order chi connectivity index (χ1) is 17.6. The second-order valence-electron chi connectivity index (χ2n) is 10.2. The Morgan fingerprint density at radius 1 is 1.11 bits per heavy atom. The lowest BCUT2D eigenvalue weighted by atomic mass is 9.88. The van der Waals surface area contributed by atoms with Gasteiger partial charge in [-0.15, -0.1) is 0 Å². The first-order valence-electron chi connectivity index (χ1n) is 12.7. The normalized spacial score (nSPS) is 19.2. The average molecular weight is 486 g/mol. The number of hydrogen-bond acceptors (Lipinski definition) is 4. The molecule has 0 atom stereocenters. The molecule has 3 aliphatic rings.